The van der Waals surface area contributed by atoms with Crippen LogP contribution in [0.1, 0.15) is 239 Å². The van der Waals surface area contributed by atoms with Crippen molar-refractivity contribution in [3.05, 3.63) is 0 Å². The summed E-state index contributed by atoms with van der Waals surface area (Å²) < 4.78 is 65.1. The molecule has 20 nitrogen and oxygen atoms in total. The molecule has 0 saturated carbocycles. The highest BCUT2D eigenvalue weighted by molar-refractivity contribution is 7.48. The first-order chi connectivity index (χ1) is 37.4. The van der Waals surface area contributed by atoms with E-state index in [1.54, 1.807) is 55.4 Å². The molecule has 0 bridgehead atoms. The average Bonchev–Trinajstić information content (AvgIpc) is 3.43. The average molecular weight is 1190 g/mol. The Morgan fingerprint density at radius 1 is 0.375 bits per heavy atom. The van der Waals surface area contributed by atoms with Crippen LogP contribution in [0.25, 0.3) is 0 Å². The number of esters is 2. The molecule has 22 heteroatoms. The predicted octanol–water partition coefficient (Wildman–Crippen LogP) is 13.2. The highest BCUT2D eigenvalue weighted by Crippen LogP contribution is 2.51. The quantitative estimate of drug-likeness (QED) is 0.0405. The van der Waals surface area contributed by atoms with E-state index in [-0.39, 0.29) is 153 Å². The second-order valence-electron chi connectivity index (χ2n) is 20.3. The summed E-state index contributed by atoms with van der Waals surface area (Å²) in [6.45, 7) is 29.6. The van der Waals surface area contributed by atoms with Crippen molar-refractivity contribution >= 4 is 73.8 Å². The lowest BCUT2D eigenvalue weighted by Gasteiger charge is -2.22. The zero-order valence-corrected chi connectivity index (χ0v) is 54.0. The van der Waals surface area contributed by atoms with E-state index in [1.165, 1.54) is 14.2 Å². The molecule has 468 valence electrons. The van der Waals surface area contributed by atoms with Gasteiger partial charge in [0.2, 0.25) is 0 Å². The first kappa shape index (κ1) is 83.0. The molecular weight excluding hydrogens is 1080 g/mol. The van der Waals surface area contributed by atoms with Gasteiger partial charge in [-0.25, -0.2) is 9.13 Å². The molecule has 0 aromatic carbocycles. The number of Topliss-reactive ketones (excluding diaryl/α,β-unsaturated/α-hetero) is 8. The minimum atomic E-state index is -3.60. The van der Waals surface area contributed by atoms with E-state index < -0.39 is 33.8 Å². The minimum absolute atomic E-state index is 0.0165. The van der Waals surface area contributed by atoms with E-state index in [0.717, 1.165) is 0 Å². The molecule has 0 saturated heterocycles. The molecule has 0 aliphatic rings. The van der Waals surface area contributed by atoms with Crippen molar-refractivity contribution in [3.63, 3.8) is 0 Å². The van der Waals surface area contributed by atoms with E-state index in [0.29, 0.717) is 77.0 Å². The SMILES string of the molecule is CCC(=O)CCC(=O)OC(CC)C(=O)C(C)C.CCC(=O)CCC(=O)OC(CC)CCC(=O)CCC(=O)C(C)C.CCCOP(=O)(OC)OC(CC)C(=O)C(C)C.CCCOP(=O)(OC)OC(CC)CCC(=O)CCC(=O)C(C)C. The summed E-state index contributed by atoms with van der Waals surface area (Å²) in [5, 5.41) is 0. The standard InChI is InChI=1S/C18H30O5.C16H31O6P.C13H22O4.C11H23O5P/c1-5-14(19)9-12-18(22)23-16(6-2)10-7-15(20)8-11-17(21)13(3)4;1-6-12-21-23(19,20-5)22-15(7-2)10-8-14(17)9-11-16(18)13(3)4;1-5-10(14)7-8-12(15)17-11(6-2)13(16)9(3)4;1-6-8-15-17(13,14-5)16-10(7-2)11(12)9(3)4/h13,16H,5-12H2,1-4H3;13,15H,6-12H2,1-5H3;9,11H,5-8H2,1-4H3;9-10H,6-8H2,1-5H3. The lowest BCUT2D eigenvalue weighted by molar-refractivity contribution is -0.156. The maximum atomic E-state index is 12.2. The van der Waals surface area contributed by atoms with Gasteiger partial charge in [0, 0.05) is 102 Å². The Balaban J connectivity index is -0.000000486. The molecule has 0 fully saturated rings. The predicted molar refractivity (Wildman–Crippen MR) is 308 cm³/mol. The fourth-order valence-corrected chi connectivity index (χ4v) is 8.89. The molecule has 6 unspecified atom stereocenters. The first-order valence-corrected chi connectivity index (χ1v) is 31.9. The van der Waals surface area contributed by atoms with E-state index in [1.807, 2.05) is 55.4 Å². The Kier molecular flexibility index (Phi) is 50.8. The summed E-state index contributed by atoms with van der Waals surface area (Å²) >= 11 is 0. The van der Waals surface area contributed by atoms with Crippen LogP contribution >= 0.6 is 15.6 Å². The van der Waals surface area contributed by atoms with Gasteiger partial charge in [-0.05, 0) is 51.4 Å². The van der Waals surface area contributed by atoms with E-state index in [9.17, 15) is 57.1 Å². The Bertz CT molecular complexity index is 1910. The van der Waals surface area contributed by atoms with Crippen molar-refractivity contribution in [1.29, 1.82) is 0 Å². The Hall–Kier alpha value is -3.48. The summed E-state index contributed by atoms with van der Waals surface area (Å²) in [5.74, 6) is -1.11. The molecule has 0 aliphatic carbocycles. The number of phosphoric ester groups is 2. The van der Waals surface area contributed by atoms with Crippen molar-refractivity contribution in [2.45, 2.75) is 264 Å². The third-order valence-electron chi connectivity index (χ3n) is 12.0. The summed E-state index contributed by atoms with van der Waals surface area (Å²) in [7, 11) is -4.63. The van der Waals surface area contributed by atoms with Crippen LogP contribution in [0.4, 0.5) is 0 Å². The molecule has 0 spiro atoms. The van der Waals surface area contributed by atoms with Crippen LogP contribution in [0.2, 0.25) is 0 Å². The Morgan fingerprint density at radius 2 is 0.725 bits per heavy atom. The van der Waals surface area contributed by atoms with E-state index in [2.05, 4.69) is 0 Å². The molecule has 0 aromatic rings. The second kappa shape index (κ2) is 49.0. The summed E-state index contributed by atoms with van der Waals surface area (Å²) in [4.78, 5) is 115. The maximum absolute atomic E-state index is 12.2. The summed E-state index contributed by atoms with van der Waals surface area (Å²) in [5.41, 5.74) is 0. The Labute approximate surface area is 480 Å². The van der Waals surface area contributed by atoms with E-state index in [4.69, 9.17) is 36.6 Å². The number of carbonyl (C=O) groups excluding carboxylic acids is 10. The summed E-state index contributed by atoms with van der Waals surface area (Å²) in [6, 6.07) is 0. The molecule has 0 aliphatic heterocycles. The third-order valence-corrected chi connectivity index (χ3v) is 14.9. The fourth-order valence-electron chi connectivity index (χ4n) is 6.38. The third kappa shape index (κ3) is 43.2. The van der Waals surface area contributed by atoms with Crippen molar-refractivity contribution in [3.8, 4) is 0 Å². The number of carbonyl (C=O) groups is 10. The van der Waals surface area contributed by atoms with Gasteiger partial charge in [0.25, 0.3) is 0 Å². The topological polar surface area (TPSA) is 279 Å². The number of phosphoric acid groups is 2. The number of hydrogen-bond acceptors (Lipinski definition) is 20. The van der Waals surface area contributed by atoms with Gasteiger partial charge in [0.15, 0.2) is 17.7 Å². The minimum Gasteiger partial charge on any atom is -0.462 e. The van der Waals surface area contributed by atoms with Crippen molar-refractivity contribution in [2.75, 3.05) is 27.4 Å². The molecule has 6 atom stereocenters. The molecule has 0 N–H and O–H groups in total. The highest BCUT2D eigenvalue weighted by Gasteiger charge is 2.33. The molecule has 0 heterocycles. The van der Waals surface area contributed by atoms with Gasteiger partial charge in [0.05, 0.1) is 32.2 Å². The van der Waals surface area contributed by atoms with Crippen LogP contribution in [-0.2, 0) is 93.7 Å². The molecule has 80 heavy (non-hydrogen) atoms. The van der Waals surface area contributed by atoms with Gasteiger partial charge in [-0.2, -0.15) is 0 Å². The van der Waals surface area contributed by atoms with Gasteiger partial charge in [-0.15, -0.1) is 0 Å². The molecule has 0 radical (unpaired) electrons. The fraction of sp³-hybridized carbons (Fsp3) is 0.828. The first-order valence-electron chi connectivity index (χ1n) is 28.9. The highest BCUT2D eigenvalue weighted by atomic mass is 31.2. The maximum Gasteiger partial charge on any atom is 0.475 e. The lowest BCUT2D eigenvalue weighted by Crippen LogP contribution is -2.30. The molecule has 0 amide bonds. The van der Waals surface area contributed by atoms with Crippen molar-refractivity contribution in [1.82, 2.24) is 0 Å². The summed E-state index contributed by atoms with van der Waals surface area (Å²) in [6.07, 6.45) is 5.48. The van der Waals surface area contributed by atoms with Crippen LogP contribution in [0.3, 0.4) is 0 Å². The van der Waals surface area contributed by atoms with Gasteiger partial charge in [0.1, 0.15) is 46.9 Å². The van der Waals surface area contributed by atoms with Crippen molar-refractivity contribution in [2.24, 2.45) is 23.7 Å². The van der Waals surface area contributed by atoms with Crippen LogP contribution in [-0.4, -0.2) is 110 Å². The van der Waals surface area contributed by atoms with Gasteiger partial charge >= 0.3 is 27.6 Å². The van der Waals surface area contributed by atoms with Crippen LogP contribution in [0.15, 0.2) is 0 Å². The number of rotatable bonds is 44. The van der Waals surface area contributed by atoms with Crippen LogP contribution < -0.4 is 0 Å². The smallest absolute Gasteiger partial charge is 0.462 e. The molecule has 0 aromatic heterocycles. The lowest BCUT2D eigenvalue weighted by atomic mass is 10.0. The number of hydrogen-bond donors (Lipinski definition) is 0. The second-order valence-corrected chi connectivity index (χ2v) is 23.7. The number of ketones is 8. The molecule has 0 rings (SSSR count). The zero-order chi connectivity index (χ0) is 62.6. The van der Waals surface area contributed by atoms with Crippen molar-refractivity contribution < 1.29 is 93.7 Å². The van der Waals surface area contributed by atoms with Crippen LogP contribution in [0.5, 0.6) is 0 Å². The van der Waals surface area contributed by atoms with Gasteiger partial charge in [-0.3, -0.25) is 75.1 Å². The normalized spacial score (nSPS) is 14.1. The Morgan fingerprint density at radius 3 is 1.05 bits per heavy atom. The van der Waals surface area contributed by atoms with Gasteiger partial charge in [-0.1, -0.05) is 111 Å². The monoisotopic (exact) mass is 1180 g/mol. The largest absolute Gasteiger partial charge is 0.475 e. The molecular formula is C58H106O20P2. The van der Waals surface area contributed by atoms with Crippen LogP contribution in [0, 0.1) is 23.7 Å². The van der Waals surface area contributed by atoms with Gasteiger partial charge < -0.3 is 9.47 Å². The zero-order valence-electron chi connectivity index (χ0n) is 52.2. The number of ether oxygens (including phenoxy) is 2. The van der Waals surface area contributed by atoms with E-state index >= 15 is 0 Å².